The average Bonchev–Trinajstić information content (AvgIpc) is 3.15. The van der Waals surface area contributed by atoms with Crippen LogP contribution in [0.25, 0.3) is 0 Å². The Morgan fingerprint density at radius 3 is 2.29 bits per heavy atom. The van der Waals surface area contributed by atoms with Crippen LogP contribution in [0.4, 0.5) is 0 Å². The third-order valence-electron chi connectivity index (χ3n) is 4.17. The minimum absolute atomic E-state index is 0.0688. The fourth-order valence-electron chi connectivity index (χ4n) is 2.83. The van der Waals surface area contributed by atoms with Gasteiger partial charge >= 0.3 is 0 Å². The zero-order valence-corrected chi connectivity index (χ0v) is 13.8. The van der Waals surface area contributed by atoms with E-state index in [0.29, 0.717) is 43.3 Å². The van der Waals surface area contributed by atoms with Crippen molar-refractivity contribution in [1.82, 2.24) is 9.80 Å². The van der Waals surface area contributed by atoms with Crippen LogP contribution >= 0.6 is 0 Å². The standard InChI is InChI=1S/C18H20N2O4/c1-13-5-6-15(23-2)14(12-13)17(21)19-7-9-20(10-8-19)18(22)16-4-3-11-24-16/h3-6,11-12H,7-10H2,1-2H3. The molecule has 2 heterocycles. The molecule has 6 nitrogen and oxygen atoms in total. The lowest BCUT2D eigenvalue weighted by Crippen LogP contribution is -2.50. The molecule has 1 saturated heterocycles. The van der Waals surface area contributed by atoms with Crippen molar-refractivity contribution in [2.75, 3.05) is 33.3 Å². The minimum atomic E-state index is -0.139. The summed E-state index contributed by atoms with van der Waals surface area (Å²) in [5.74, 6) is 0.690. The summed E-state index contributed by atoms with van der Waals surface area (Å²) >= 11 is 0. The number of hydrogen-bond acceptors (Lipinski definition) is 4. The molecule has 2 aromatic rings. The molecule has 1 aliphatic rings. The van der Waals surface area contributed by atoms with E-state index in [1.165, 1.54) is 6.26 Å². The van der Waals surface area contributed by atoms with Gasteiger partial charge in [0.25, 0.3) is 11.8 Å². The van der Waals surface area contributed by atoms with E-state index < -0.39 is 0 Å². The number of nitrogens with zero attached hydrogens (tertiary/aromatic N) is 2. The van der Waals surface area contributed by atoms with E-state index in [4.69, 9.17) is 9.15 Å². The van der Waals surface area contributed by atoms with Gasteiger partial charge in [-0.25, -0.2) is 0 Å². The molecule has 0 spiro atoms. The van der Waals surface area contributed by atoms with E-state index in [-0.39, 0.29) is 11.8 Å². The second kappa shape index (κ2) is 6.78. The SMILES string of the molecule is COc1ccc(C)cc1C(=O)N1CCN(C(=O)c2ccco2)CC1. The number of amides is 2. The summed E-state index contributed by atoms with van der Waals surface area (Å²) in [6, 6.07) is 8.89. The Kier molecular flexibility index (Phi) is 4.55. The summed E-state index contributed by atoms with van der Waals surface area (Å²) in [5.41, 5.74) is 1.56. The van der Waals surface area contributed by atoms with Crippen molar-refractivity contribution in [3.8, 4) is 5.75 Å². The van der Waals surface area contributed by atoms with Crippen molar-refractivity contribution in [1.29, 1.82) is 0 Å². The van der Waals surface area contributed by atoms with E-state index in [1.807, 2.05) is 19.1 Å². The van der Waals surface area contributed by atoms with Gasteiger partial charge in [0, 0.05) is 26.2 Å². The molecule has 0 aliphatic carbocycles. The monoisotopic (exact) mass is 328 g/mol. The first kappa shape index (κ1) is 16.1. The summed E-state index contributed by atoms with van der Waals surface area (Å²) in [6.07, 6.45) is 1.48. The highest BCUT2D eigenvalue weighted by atomic mass is 16.5. The van der Waals surface area contributed by atoms with Crippen molar-refractivity contribution in [2.45, 2.75) is 6.92 Å². The van der Waals surface area contributed by atoms with Crippen LogP contribution in [0.3, 0.4) is 0 Å². The van der Waals surface area contributed by atoms with E-state index in [2.05, 4.69) is 0 Å². The Morgan fingerprint density at radius 1 is 1.04 bits per heavy atom. The molecule has 6 heteroatoms. The fraction of sp³-hybridized carbons (Fsp3) is 0.333. The molecule has 2 amide bonds. The lowest BCUT2D eigenvalue weighted by molar-refractivity contribution is 0.0516. The van der Waals surface area contributed by atoms with Crippen LogP contribution in [-0.4, -0.2) is 54.9 Å². The molecule has 0 radical (unpaired) electrons. The second-order valence-corrected chi connectivity index (χ2v) is 5.77. The second-order valence-electron chi connectivity index (χ2n) is 5.77. The highest BCUT2D eigenvalue weighted by Crippen LogP contribution is 2.22. The summed E-state index contributed by atoms with van der Waals surface area (Å²) < 4.78 is 10.4. The maximum absolute atomic E-state index is 12.8. The topological polar surface area (TPSA) is 63.0 Å². The number of ether oxygens (including phenoxy) is 1. The molecule has 0 saturated carbocycles. The molecule has 1 fully saturated rings. The maximum Gasteiger partial charge on any atom is 0.289 e. The van der Waals surface area contributed by atoms with Crippen molar-refractivity contribution in [3.05, 3.63) is 53.5 Å². The number of hydrogen-bond donors (Lipinski definition) is 0. The zero-order valence-electron chi connectivity index (χ0n) is 13.8. The van der Waals surface area contributed by atoms with Crippen LogP contribution in [-0.2, 0) is 0 Å². The Morgan fingerprint density at radius 2 is 1.71 bits per heavy atom. The Bertz CT molecular complexity index is 731. The van der Waals surface area contributed by atoms with Crippen LogP contribution in [0.5, 0.6) is 5.75 Å². The summed E-state index contributed by atoms with van der Waals surface area (Å²) in [6.45, 7) is 3.89. The number of methoxy groups -OCH3 is 1. The van der Waals surface area contributed by atoms with Gasteiger partial charge in [-0.15, -0.1) is 0 Å². The quantitative estimate of drug-likeness (QED) is 0.866. The highest BCUT2D eigenvalue weighted by Gasteiger charge is 2.27. The van der Waals surface area contributed by atoms with Crippen molar-refractivity contribution in [2.24, 2.45) is 0 Å². The Labute approximate surface area is 140 Å². The first-order chi connectivity index (χ1) is 11.6. The van der Waals surface area contributed by atoms with Gasteiger partial charge in [-0.1, -0.05) is 11.6 Å². The Balaban J connectivity index is 1.67. The predicted octanol–water partition coefficient (Wildman–Crippen LogP) is 2.19. The van der Waals surface area contributed by atoms with Gasteiger partial charge in [0.2, 0.25) is 0 Å². The molecule has 0 N–H and O–H groups in total. The number of aryl methyl sites for hydroxylation is 1. The van der Waals surface area contributed by atoms with Crippen LogP contribution in [0.15, 0.2) is 41.0 Å². The van der Waals surface area contributed by atoms with Gasteiger partial charge < -0.3 is 19.0 Å². The summed E-state index contributed by atoms with van der Waals surface area (Å²) in [4.78, 5) is 28.5. The number of carbonyl (C=O) groups is 2. The van der Waals surface area contributed by atoms with Gasteiger partial charge in [-0.3, -0.25) is 9.59 Å². The Hall–Kier alpha value is -2.76. The van der Waals surface area contributed by atoms with E-state index >= 15 is 0 Å². The predicted molar refractivity (Wildman–Crippen MR) is 88.2 cm³/mol. The molecule has 3 rings (SSSR count). The van der Waals surface area contributed by atoms with Gasteiger partial charge in [-0.2, -0.15) is 0 Å². The summed E-state index contributed by atoms with van der Waals surface area (Å²) in [5, 5.41) is 0. The maximum atomic E-state index is 12.8. The first-order valence-electron chi connectivity index (χ1n) is 7.87. The molecule has 1 aromatic heterocycles. The largest absolute Gasteiger partial charge is 0.496 e. The number of benzene rings is 1. The third-order valence-corrected chi connectivity index (χ3v) is 4.17. The molecular formula is C18H20N2O4. The van der Waals surface area contributed by atoms with Crippen molar-refractivity contribution < 1.29 is 18.7 Å². The van der Waals surface area contributed by atoms with Crippen LogP contribution in [0.2, 0.25) is 0 Å². The number of furan rings is 1. The van der Waals surface area contributed by atoms with E-state index in [0.717, 1.165) is 5.56 Å². The number of piperazine rings is 1. The average molecular weight is 328 g/mol. The zero-order chi connectivity index (χ0) is 17.1. The van der Waals surface area contributed by atoms with Crippen molar-refractivity contribution in [3.63, 3.8) is 0 Å². The minimum Gasteiger partial charge on any atom is -0.496 e. The van der Waals surface area contributed by atoms with Crippen LogP contribution < -0.4 is 4.74 Å². The van der Waals surface area contributed by atoms with Crippen LogP contribution in [0.1, 0.15) is 26.5 Å². The van der Waals surface area contributed by atoms with E-state index in [1.54, 1.807) is 35.1 Å². The fourth-order valence-corrected chi connectivity index (χ4v) is 2.83. The molecule has 0 bridgehead atoms. The number of rotatable bonds is 3. The lowest BCUT2D eigenvalue weighted by atomic mass is 10.1. The lowest BCUT2D eigenvalue weighted by Gasteiger charge is -2.34. The van der Waals surface area contributed by atoms with Crippen molar-refractivity contribution >= 4 is 11.8 Å². The molecule has 1 aromatic carbocycles. The first-order valence-corrected chi connectivity index (χ1v) is 7.87. The highest BCUT2D eigenvalue weighted by molar-refractivity contribution is 5.97. The number of carbonyl (C=O) groups excluding carboxylic acids is 2. The third kappa shape index (κ3) is 3.13. The van der Waals surface area contributed by atoms with E-state index in [9.17, 15) is 9.59 Å². The van der Waals surface area contributed by atoms with Gasteiger partial charge in [0.1, 0.15) is 5.75 Å². The molecule has 0 unspecified atom stereocenters. The molecular weight excluding hydrogens is 308 g/mol. The van der Waals surface area contributed by atoms with Gasteiger partial charge in [-0.05, 0) is 31.2 Å². The molecule has 24 heavy (non-hydrogen) atoms. The van der Waals surface area contributed by atoms with Gasteiger partial charge in [0.15, 0.2) is 5.76 Å². The molecule has 0 atom stereocenters. The smallest absolute Gasteiger partial charge is 0.289 e. The molecule has 126 valence electrons. The normalized spacial score (nSPS) is 14.6. The van der Waals surface area contributed by atoms with Gasteiger partial charge in [0.05, 0.1) is 18.9 Å². The molecule has 1 aliphatic heterocycles. The van der Waals surface area contributed by atoms with Crippen LogP contribution in [0, 0.1) is 6.92 Å². The summed E-state index contributed by atoms with van der Waals surface area (Å²) in [7, 11) is 1.56.